The molecule has 3 aliphatic heterocycles. The van der Waals surface area contributed by atoms with Crippen LogP contribution in [0.4, 0.5) is 0 Å². The Balaban J connectivity index is 1.23. The van der Waals surface area contributed by atoms with Gasteiger partial charge >= 0.3 is 0 Å². The average molecular weight is 425 g/mol. The smallest absolute Gasteiger partial charge is 0.262 e. The molecule has 1 atom stereocenters. The van der Waals surface area contributed by atoms with E-state index in [1.54, 1.807) is 12.1 Å². The molecule has 1 aromatic rings. The molecule has 8 heteroatoms. The Morgan fingerprint density at radius 1 is 1.00 bits per heavy atom. The monoisotopic (exact) mass is 424 g/mol. The summed E-state index contributed by atoms with van der Waals surface area (Å²) in [6.45, 7) is 2.92. The van der Waals surface area contributed by atoms with Crippen molar-refractivity contribution in [1.82, 2.24) is 20.9 Å². The molecular weight excluding hydrogens is 396 g/mol. The predicted octanol–water partition coefficient (Wildman–Crippen LogP) is 1.10. The molecule has 31 heavy (non-hydrogen) atoms. The van der Waals surface area contributed by atoms with Crippen LogP contribution in [-0.4, -0.2) is 53.7 Å². The summed E-state index contributed by atoms with van der Waals surface area (Å²) in [6.07, 6.45) is 6.39. The highest BCUT2D eigenvalue weighted by atomic mass is 16.2. The second kappa shape index (κ2) is 7.84. The van der Waals surface area contributed by atoms with Gasteiger partial charge in [0.05, 0.1) is 11.1 Å². The van der Waals surface area contributed by atoms with Gasteiger partial charge in [0.2, 0.25) is 11.8 Å². The van der Waals surface area contributed by atoms with Gasteiger partial charge in [0.1, 0.15) is 6.04 Å². The van der Waals surface area contributed by atoms with Crippen LogP contribution in [0.25, 0.3) is 0 Å². The van der Waals surface area contributed by atoms with Crippen LogP contribution in [0.5, 0.6) is 0 Å². The molecule has 5 rings (SSSR count). The van der Waals surface area contributed by atoms with Gasteiger partial charge in [-0.2, -0.15) is 0 Å². The summed E-state index contributed by atoms with van der Waals surface area (Å²) in [5, 5.41) is 9.33. The van der Waals surface area contributed by atoms with Crippen molar-refractivity contribution in [2.45, 2.75) is 63.6 Å². The molecule has 164 valence electrons. The molecule has 0 aromatic heterocycles. The lowest BCUT2D eigenvalue weighted by Crippen LogP contribution is -2.54. The first kappa shape index (κ1) is 20.3. The van der Waals surface area contributed by atoms with Crippen LogP contribution >= 0.6 is 0 Å². The molecule has 2 saturated heterocycles. The molecule has 3 fully saturated rings. The van der Waals surface area contributed by atoms with Gasteiger partial charge in [-0.1, -0.05) is 6.07 Å². The van der Waals surface area contributed by atoms with E-state index >= 15 is 0 Å². The lowest BCUT2D eigenvalue weighted by molar-refractivity contribution is -0.136. The van der Waals surface area contributed by atoms with Gasteiger partial charge in [-0.15, -0.1) is 0 Å². The van der Waals surface area contributed by atoms with Gasteiger partial charge < -0.3 is 10.6 Å². The van der Waals surface area contributed by atoms with Crippen LogP contribution in [0.1, 0.15) is 71.2 Å². The molecule has 3 N–H and O–H groups in total. The molecule has 0 bridgehead atoms. The molecule has 1 aliphatic carbocycles. The predicted molar refractivity (Wildman–Crippen MR) is 112 cm³/mol. The van der Waals surface area contributed by atoms with E-state index in [4.69, 9.17) is 0 Å². The van der Waals surface area contributed by atoms with E-state index in [0.717, 1.165) is 36.4 Å². The maximum atomic E-state index is 12.9. The maximum Gasteiger partial charge on any atom is 0.262 e. The summed E-state index contributed by atoms with van der Waals surface area (Å²) in [5.74, 6) is -1.87. The highest BCUT2D eigenvalue weighted by Gasteiger charge is 2.44. The lowest BCUT2D eigenvalue weighted by atomic mass is 9.72. The van der Waals surface area contributed by atoms with Crippen LogP contribution in [0, 0.1) is 5.41 Å². The van der Waals surface area contributed by atoms with E-state index in [1.165, 1.54) is 19.3 Å². The molecule has 8 nitrogen and oxygen atoms in total. The number of piperidine rings is 1. The highest BCUT2D eigenvalue weighted by Crippen LogP contribution is 2.41. The van der Waals surface area contributed by atoms with Crippen molar-refractivity contribution in [1.29, 1.82) is 0 Å². The van der Waals surface area contributed by atoms with Gasteiger partial charge in [0.15, 0.2) is 0 Å². The van der Waals surface area contributed by atoms with E-state index in [1.807, 2.05) is 6.07 Å². The summed E-state index contributed by atoms with van der Waals surface area (Å²) in [4.78, 5) is 50.3. The zero-order valence-electron chi connectivity index (χ0n) is 17.5. The summed E-state index contributed by atoms with van der Waals surface area (Å²) in [6, 6.07) is 4.86. The zero-order valence-corrected chi connectivity index (χ0v) is 17.5. The zero-order chi connectivity index (χ0) is 21.6. The number of hydrogen-bond acceptors (Lipinski definition) is 6. The minimum atomic E-state index is -0.925. The number of nitrogens with one attached hydrogen (secondary N) is 3. The standard InChI is InChI=1S/C23H28N4O4/c28-19-4-3-18(20(29)26-19)27-21(30)16-2-1-14(11-17(16)22(27)31)12-25-15-5-7-23(8-6-15)9-10-24-13-23/h1-2,11,15,18,24-25H,3-10,12-13H2,(H,26,28,29). The third-order valence-electron chi connectivity index (χ3n) is 7.48. The second-order valence-corrected chi connectivity index (χ2v) is 9.41. The first-order valence-corrected chi connectivity index (χ1v) is 11.2. The van der Waals surface area contributed by atoms with Crippen molar-refractivity contribution in [2.75, 3.05) is 13.1 Å². The maximum absolute atomic E-state index is 12.9. The number of hydrogen-bond donors (Lipinski definition) is 3. The van der Waals surface area contributed by atoms with Crippen molar-refractivity contribution in [2.24, 2.45) is 5.41 Å². The van der Waals surface area contributed by atoms with Crippen LogP contribution in [0.15, 0.2) is 18.2 Å². The Morgan fingerprint density at radius 2 is 1.77 bits per heavy atom. The summed E-state index contributed by atoms with van der Waals surface area (Å²) < 4.78 is 0. The first-order valence-electron chi connectivity index (χ1n) is 11.2. The largest absolute Gasteiger partial charge is 0.316 e. The van der Waals surface area contributed by atoms with Crippen LogP contribution < -0.4 is 16.0 Å². The highest BCUT2D eigenvalue weighted by molar-refractivity contribution is 6.23. The van der Waals surface area contributed by atoms with Gasteiger partial charge in [-0.25, -0.2) is 0 Å². The first-order chi connectivity index (χ1) is 15.0. The Kier molecular flexibility index (Phi) is 5.14. The number of amides is 4. The summed E-state index contributed by atoms with van der Waals surface area (Å²) >= 11 is 0. The molecule has 0 radical (unpaired) electrons. The molecule has 4 aliphatic rings. The third kappa shape index (κ3) is 3.68. The van der Waals surface area contributed by atoms with Gasteiger partial charge in [-0.05, 0) is 68.2 Å². The second-order valence-electron chi connectivity index (χ2n) is 9.41. The number of rotatable bonds is 4. The van der Waals surface area contributed by atoms with Crippen LogP contribution in [-0.2, 0) is 16.1 Å². The molecule has 1 spiro atoms. The summed E-state index contributed by atoms with van der Waals surface area (Å²) in [7, 11) is 0. The summed E-state index contributed by atoms with van der Waals surface area (Å²) in [5.41, 5.74) is 2.12. The van der Waals surface area contributed by atoms with Gasteiger partial charge in [-0.3, -0.25) is 29.4 Å². The number of carbonyl (C=O) groups is 4. The van der Waals surface area contributed by atoms with Crippen LogP contribution in [0.3, 0.4) is 0 Å². The number of imide groups is 2. The number of nitrogens with zero attached hydrogens (tertiary/aromatic N) is 1. The fourth-order valence-corrected chi connectivity index (χ4v) is 5.55. The number of carbonyl (C=O) groups excluding carboxylic acids is 4. The SMILES string of the molecule is O=C1CCC(N2C(=O)c3ccc(CNC4CCC5(CCNC5)CC4)cc3C2=O)C(=O)N1. The van der Waals surface area contributed by atoms with E-state index < -0.39 is 23.8 Å². The van der Waals surface area contributed by atoms with E-state index in [-0.39, 0.29) is 18.7 Å². The lowest BCUT2D eigenvalue weighted by Gasteiger charge is -2.37. The van der Waals surface area contributed by atoms with E-state index in [0.29, 0.717) is 29.1 Å². The molecule has 1 aromatic carbocycles. The quantitative estimate of drug-likeness (QED) is 0.625. The normalized spacial score (nSPS) is 30.8. The Morgan fingerprint density at radius 3 is 2.48 bits per heavy atom. The Labute approximate surface area is 181 Å². The molecular formula is C23H28N4O4. The Hall–Kier alpha value is -2.58. The number of benzene rings is 1. The van der Waals surface area contributed by atoms with Crippen molar-refractivity contribution in [3.63, 3.8) is 0 Å². The van der Waals surface area contributed by atoms with E-state index in [2.05, 4.69) is 16.0 Å². The number of fused-ring (bicyclic) bond motifs is 1. The minimum Gasteiger partial charge on any atom is -0.316 e. The van der Waals surface area contributed by atoms with E-state index in [9.17, 15) is 19.2 Å². The third-order valence-corrected chi connectivity index (χ3v) is 7.48. The van der Waals surface area contributed by atoms with Gasteiger partial charge in [0, 0.05) is 25.6 Å². The Bertz CT molecular complexity index is 943. The van der Waals surface area contributed by atoms with Crippen molar-refractivity contribution in [3.05, 3.63) is 34.9 Å². The fraction of sp³-hybridized carbons (Fsp3) is 0.565. The van der Waals surface area contributed by atoms with Crippen molar-refractivity contribution >= 4 is 23.6 Å². The van der Waals surface area contributed by atoms with Gasteiger partial charge in [0.25, 0.3) is 11.8 Å². The fourth-order valence-electron chi connectivity index (χ4n) is 5.55. The molecule has 3 heterocycles. The molecule has 1 saturated carbocycles. The molecule has 4 amide bonds. The van der Waals surface area contributed by atoms with Crippen LogP contribution in [0.2, 0.25) is 0 Å². The topological polar surface area (TPSA) is 108 Å². The minimum absolute atomic E-state index is 0.123. The van der Waals surface area contributed by atoms with Crippen molar-refractivity contribution < 1.29 is 19.2 Å². The van der Waals surface area contributed by atoms with Crippen molar-refractivity contribution in [3.8, 4) is 0 Å². The molecule has 1 unspecified atom stereocenters. The average Bonchev–Trinajstić information content (AvgIpc) is 3.31.